The monoisotopic (exact) mass is 431 g/mol. The number of nitrogens with zero attached hydrogens (tertiary/aromatic N) is 2. The Morgan fingerprint density at radius 2 is 2.11 bits per heavy atom. The van der Waals surface area contributed by atoms with Crippen LogP contribution in [0, 0.1) is 0 Å². The number of carbonyl (C=O) groups excluding carboxylic acids is 1. The number of rotatable bonds is 5. The first-order valence-electron chi connectivity index (χ1n) is 9.36. The van der Waals surface area contributed by atoms with Crippen LogP contribution in [-0.2, 0) is 10.2 Å². The van der Waals surface area contributed by atoms with Gasteiger partial charge >= 0.3 is 5.91 Å². The smallest absolute Gasteiger partial charge is 0.307 e. The molecule has 5 nitrogen and oxygen atoms in total. The molecule has 0 atom stereocenters. The van der Waals surface area contributed by atoms with Crippen LogP contribution in [0.2, 0.25) is 5.02 Å². The van der Waals surface area contributed by atoms with Crippen molar-refractivity contribution in [2.75, 3.05) is 6.26 Å². The molecule has 4 fully saturated rings. The summed E-state index contributed by atoms with van der Waals surface area (Å²) >= 11 is 9.59. The molecule has 4 saturated carbocycles. The highest BCUT2D eigenvalue weighted by Gasteiger charge is 2.70. The minimum Gasteiger partial charge on any atom is -0.436 e. The van der Waals surface area contributed by atoms with E-state index < -0.39 is 0 Å². The summed E-state index contributed by atoms with van der Waals surface area (Å²) < 4.78 is 6.96. The van der Waals surface area contributed by atoms with E-state index in [0.29, 0.717) is 0 Å². The maximum Gasteiger partial charge on any atom is 0.307 e. The molecule has 1 aromatic carbocycles. The molecule has 2 bridgehead atoms. The lowest BCUT2D eigenvalue weighted by molar-refractivity contribution is -0.0812. The number of thiazole rings is 1. The Kier molecular flexibility index (Phi) is 3.41. The highest BCUT2D eigenvalue weighted by Crippen LogP contribution is 2.68. The largest absolute Gasteiger partial charge is 0.436 e. The van der Waals surface area contributed by atoms with E-state index in [1.165, 1.54) is 0 Å². The van der Waals surface area contributed by atoms with Crippen LogP contribution >= 0.6 is 34.7 Å². The second kappa shape index (κ2) is 5.52. The fourth-order valence-corrected chi connectivity index (χ4v) is 7.05. The van der Waals surface area contributed by atoms with Gasteiger partial charge in [0, 0.05) is 16.0 Å². The summed E-state index contributed by atoms with van der Waals surface area (Å²) in [5.74, 6) is 0.809. The zero-order valence-corrected chi connectivity index (χ0v) is 17.6. The summed E-state index contributed by atoms with van der Waals surface area (Å²) in [6, 6.07) is 5.83. The molecule has 0 saturated heterocycles. The van der Waals surface area contributed by atoms with Gasteiger partial charge < -0.3 is 9.73 Å². The zero-order valence-electron chi connectivity index (χ0n) is 15.3. The standard InChI is InChI=1S/C20H18ClN3O2S2/c1-27-20(4-5-20)14-7-22-16(26-14)15(25)24-19-8-18(9-19,10-19)17-23-12-3-2-11(21)6-13(12)28-17/h2-3,6-7H,4-5,8-10H2,1H3,(H,24,25). The number of nitrogens with one attached hydrogen (secondary N) is 1. The molecule has 1 amide bonds. The molecule has 2 aromatic heterocycles. The van der Waals surface area contributed by atoms with E-state index in [1.54, 1.807) is 29.3 Å². The second-order valence-electron chi connectivity index (χ2n) is 8.40. The maximum atomic E-state index is 12.6. The van der Waals surface area contributed by atoms with Crippen molar-refractivity contribution in [3.63, 3.8) is 0 Å². The fourth-order valence-electron chi connectivity index (χ4n) is 4.82. The van der Waals surface area contributed by atoms with Gasteiger partial charge in [0.25, 0.3) is 5.89 Å². The Hall–Kier alpha value is -1.57. The topological polar surface area (TPSA) is 68.0 Å². The van der Waals surface area contributed by atoms with Gasteiger partial charge in [0.2, 0.25) is 0 Å². The van der Waals surface area contributed by atoms with Gasteiger partial charge in [0.05, 0.1) is 21.2 Å². The molecular weight excluding hydrogens is 414 g/mol. The average Bonchev–Trinajstić information content (AvgIpc) is 3.06. The van der Waals surface area contributed by atoms with Gasteiger partial charge in [-0.05, 0) is 56.6 Å². The van der Waals surface area contributed by atoms with Gasteiger partial charge in [0.15, 0.2) is 0 Å². The fraction of sp³-hybridized carbons (Fsp3) is 0.450. The Balaban J connectivity index is 1.15. The van der Waals surface area contributed by atoms with Crippen LogP contribution in [0.5, 0.6) is 0 Å². The molecule has 144 valence electrons. The first kappa shape index (κ1) is 17.3. The molecule has 0 unspecified atom stereocenters. The third-order valence-electron chi connectivity index (χ3n) is 6.46. The number of fused-ring (bicyclic) bond motifs is 1. The highest BCUT2D eigenvalue weighted by atomic mass is 35.5. The first-order chi connectivity index (χ1) is 13.4. The van der Waals surface area contributed by atoms with Crippen molar-refractivity contribution in [1.29, 1.82) is 0 Å². The lowest BCUT2D eigenvalue weighted by Gasteiger charge is -2.69. The Labute approximate surface area is 175 Å². The third-order valence-corrected chi connectivity index (χ3v) is 9.35. The van der Waals surface area contributed by atoms with E-state index >= 15 is 0 Å². The second-order valence-corrected chi connectivity index (χ2v) is 11.1. The van der Waals surface area contributed by atoms with Crippen LogP contribution in [0.4, 0.5) is 0 Å². The van der Waals surface area contributed by atoms with E-state index in [4.69, 9.17) is 21.0 Å². The molecular formula is C20H18ClN3O2S2. The van der Waals surface area contributed by atoms with E-state index in [1.807, 2.05) is 18.2 Å². The SMILES string of the molecule is CSC1(c2cnc(C(=O)NC34CC(c5nc6ccc(Cl)cc6s5)(C3)C4)o2)CC1. The summed E-state index contributed by atoms with van der Waals surface area (Å²) in [7, 11) is 0. The number of benzene rings is 1. The molecule has 2 heterocycles. The van der Waals surface area contributed by atoms with Crippen LogP contribution in [0.25, 0.3) is 10.2 Å². The number of oxazole rings is 1. The van der Waals surface area contributed by atoms with E-state index in [2.05, 4.69) is 16.6 Å². The summed E-state index contributed by atoms with van der Waals surface area (Å²) in [4.78, 5) is 21.7. The molecule has 4 aliphatic carbocycles. The average molecular weight is 432 g/mol. The van der Waals surface area contributed by atoms with Crippen LogP contribution in [0.15, 0.2) is 28.8 Å². The van der Waals surface area contributed by atoms with E-state index in [0.717, 1.165) is 58.1 Å². The summed E-state index contributed by atoms with van der Waals surface area (Å²) in [5.41, 5.74) is 0.988. The molecule has 4 aliphatic rings. The molecule has 0 radical (unpaired) electrons. The maximum absolute atomic E-state index is 12.6. The van der Waals surface area contributed by atoms with Gasteiger partial charge in [-0.3, -0.25) is 4.79 Å². The molecule has 8 heteroatoms. The molecule has 3 aromatic rings. The first-order valence-corrected chi connectivity index (χ1v) is 11.8. The van der Waals surface area contributed by atoms with Gasteiger partial charge in [-0.1, -0.05) is 11.6 Å². The predicted molar refractivity (Wildman–Crippen MR) is 111 cm³/mol. The lowest BCUT2D eigenvalue weighted by atomic mass is 9.39. The molecule has 28 heavy (non-hydrogen) atoms. The van der Waals surface area contributed by atoms with Crippen LogP contribution in [0.3, 0.4) is 0 Å². The Morgan fingerprint density at radius 1 is 1.32 bits per heavy atom. The van der Waals surface area contributed by atoms with Crippen LogP contribution in [-0.4, -0.2) is 27.7 Å². The number of carbonyl (C=O) groups is 1. The zero-order chi connectivity index (χ0) is 19.1. The Morgan fingerprint density at radius 3 is 2.82 bits per heavy atom. The lowest BCUT2D eigenvalue weighted by Crippen LogP contribution is -2.76. The highest BCUT2D eigenvalue weighted by molar-refractivity contribution is 7.99. The van der Waals surface area contributed by atoms with Crippen molar-refractivity contribution in [3.05, 3.63) is 46.1 Å². The normalized spacial score (nSPS) is 29.2. The van der Waals surface area contributed by atoms with Gasteiger partial charge in [-0.25, -0.2) is 9.97 Å². The number of hydrogen-bond donors (Lipinski definition) is 1. The van der Waals surface area contributed by atoms with Crippen molar-refractivity contribution in [3.8, 4) is 0 Å². The molecule has 7 rings (SSSR count). The van der Waals surface area contributed by atoms with Gasteiger partial charge in [-0.2, -0.15) is 11.8 Å². The van der Waals surface area contributed by atoms with Crippen molar-refractivity contribution >= 4 is 50.8 Å². The van der Waals surface area contributed by atoms with Crippen molar-refractivity contribution in [2.45, 2.75) is 47.8 Å². The number of thioether (sulfide) groups is 1. The van der Waals surface area contributed by atoms with Crippen molar-refractivity contribution in [1.82, 2.24) is 15.3 Å². The third kappa shape index (κ3) is 2.36. The van der Waals surface area contributed by atoms with Crippen LogP contribution < -0.4 is 5.32 Å². The summed E-state index contributed by atoms with van der Waals surface area (Å²) in [6.07, 6.45) is 8.76. The number of aromatic nitrogens is 2. The Bertz CT molecular complexity index is 1110. The molecule has 0 spiro atoms. The minimum atomic E-state index is -0.201. The predicted octanol–water partition coefficient (Wildman–Crippen LogP) is 4.89. The van der Waals surface area contributed by atoms with E-state index in [9.17, 15) is 4.79 Å². The van der Waals surface area contributed by atoms with Gasteiger partial charge in [-0.15, -0.1) is 11.3 Å². The van der Waals surface area contributed by atoms with Crippen molar-refractivity contribution < 1.29 is 9.21 Å². The summed E-state index contributed by atoms with van der Waals surface area (Å²) in [6.45, 7) is 0. The van der Waals surface area contributed by atoms with Gasteiger partial charge in [0.1, 0.15) is 10.8 Å². The summed E-state index contributed by atoms with van der Waals surface area (Å²) in [5, 5.41) is 5.07. The molecule has 0 aliphatic heterocycles. The number of amides is 1. The molecule has 1 N–H and O–H groups in total. The van der Waals surface area contributed by atoms with Crippen LogP contribution in [0.1, 0.15) is 53.6 Å². The number of halogens is 1. The van der Waals surface area contributed by atoms with Crippen molar-refractivity contribution in [2.24, 2.45) is 0 Å². The number of hydrogen-bond acceptors (Lipinski definition) is 6. The minimum absolute atomic E-state index is 0.0433. The quantitative estimate of drug-likeness (QED) is 0.622. The van der Waals surface area contributed by atoms with E-state index in [-0.39, 0.29) is 27.5 Å².